The molecule has 5 nitrogen and oxygen atoms in total. The number of ether oxygens (including phenoxy) is 1. The van der Waals surface area contributed by atoms with E-state index < -0.39 is 11.9 Å². The van der Waals surface area contributed by atoms with Gasteiger partial charge in [-0.05, 0) is 19.1 Å². The highest BCUT2D eigenvalue weighted by molar-refractivity contribution is 6.43. The molecule has 0 saturated heterocycles. The molecule has 0 aromatic heterocycles. The third-order valence-corrected chi connectivity index (χ3v) is 2.90. The molecule has 0 saturated carbocycles. The van der Waals surface area contributed by atoms with Gasteiger partial charge in [-0.25, -0.2) is 0 Å². The van der Waals surface area contributed by atoms with Crippen LogP contribution in [-0.2, 0) is 14.3 Å². The van der Waals surface area contributed by atoms with E-state index in [2.05, 4.69) is 5.10 Å². The molecule has 19 heavy (non-hydrogen) atoms. The molecular weight excluding hydrogens is 244 g/mol. The van der Waals surface area contributed by atoms with Crippen LogP contribution >= 0.6 is 0 Å². The minimum Gasteiger partial charge on any atom is -0.465 e. The molecule has 0 unspecified atom stereocenters. The lowest BCUT2D eigenvalue weighted by atomic mass is 10.0. The summed E-state index contributed by atoms with van der Waals surface area (Å²) < 4.78 is 4.99. The number of para-hydroxylation sites is 1. The molecule has 5 heteroatoms. The fourth-order valence-corrected chi connectivity index (χ4v) is 2.01. The first kappa shape index (κ1) is 13.3. The van der Waals surface area contributed by atoms with E-state index in [1.807, 2.05) is 30.3 Å². The van der Waals surface area contributed by atoms with Crippen molar-refractivity contribution in [2.45, 2.75) is 13.8 Å². The summed E-state index contributed by atoms with van der Waals surface area (Å²) >= 11 is 0. The van der Waals surface area contributed by atoms with Gasteiger partial charge in [0.2, 0.25) is 0 Å². The molecule has 0 aliphatic carbocycles. The quantitative estimate of drug-likeness (QED) is 0.772. The number of anilines is 1. The first-order valence-electron chi connectivity index (χ1n) is 6.22. The van der Waals surface area contributed by atoms with Gasteiger partial charge in [0.1, 0.15) is 11.6 Å². The van der Waals surface area contributed by atoms with Gasteiger partial charge in [-0.2, -0.15) is 5.10 Å². The van der Waals surface area contributed by atoms with E-state index in [1.54, 1.807) is 11.9 Å². The minimum atomic E-state index is -0.599. The average molecular weight is 260 g/mol. The van der Waals surface area contributed by atoms with Crippen molar-refractivity contribution in [2.75, 3.05) is 18.2 Å². The van der Waals surface area contributed by atoms with Crippen LogP contribution in [-0.4, -0.2) is 30.6 Å². The van der Waals surface area contributed by atoms with Crippen LogP contribution in [0.25, 0.3) is 0 Å². The Morgan fingerprint density at radius 1 is 1.37 bits per heavy atom. The summed E-state index contributed by atoms with van der Waals surface area (Å²) in [6.45, 7) is 3.80. The molecule has 1 aliphatic heterocycles. The molecule has 2 rings (SSSR count). The molecule has 100 valence electrons. The van der Waals surface area contributed by atoms with Gasteiger partial charge in [0.25, 0.3) is 0 Å². The molecule has 0 spiro atoms. The van der Waals surface area contributed by atoms with Crippen molar-refractivity contribution in [3.05, 3.63) is 30.3 Å². The lowest BCUT2D eigenvalue weighted by Crippen LogP contribution is -2.31. The summed E-state index contributed by atoms with van der Waals surface area (Å²) in [4.78, 5) is 23.4. The number of benzene rings is 1. The van der Waals surface area contributed by atoms with Crippen LogP contribution in [0.2, 0.25) is 0 Å². The number of hydrogen-bond acceptors (Lipinski definition) is 5. The van der Waals surface area contributed by atoms with Crippen molar-refractivity contribution < 1.29 is 14.3 Å². The highest BCUT2D eigenvalue weighted by atomic mass is 16.5. The van der Waals surface area contributed by atoms with Gasteiger partial charge in [0.05, 0.1) is 18.8 Å². The predicted molar refractivity (Wildman–Crippen MR) is 72.0 cm³/mol. The predicted octanol–water partition coefficient (Wildman–Crippen LogP) is 1.63. The first-order chi connectivity index (χ1) is 9.13. The minimum absolute atomic E-state index is 0.198. The van der Waals surface area contributed by atoms with E-state index in [0.717, 1.165) is 5.69 Å². The third kappa shape index (κ3) is 2.81. The summed E-state index contributed by atoms with van der Waals surface area (Å²) in [6, 6.07) is 9.44. The first-order valence-corrected chi connectivity index (χ1v) is 6.22. The summed E-state index contributed by atoms with van der Waals surface area (Å²) in [5.41, 5.74) is 1.12. The Morgan fingerprint density at radius 3 is 2.63 bits per heavy atom. The van der Waals surface area contributed by atoms with Crippen molar-refractivity contribution in [1.82, 2.24) is 0 Å². The SMILES string of the molecule is CCOC(=O)[C@H]1CN(c2ccccc2)N=C1C(C)=O. The van der Waals surface area contributed by atoms with E-state index >= 15 is 0 Å². The third-order valence-electron chi connectivity index (χ3n) is 2.90. The van der Waals surface area contributed by atoms with Crippen molar-refractivity contribution in [3.8, 4) is 0 Å². The smallest absolute Gasteiger partial charge is 0.317 e. The Morgan fingerprint density at radius 2 is 2.05 bits per heavy atom. The van der Waals surface area contributed by atoms with Crippen molar-refractivity contribution in [2.24, 2.45) is 11.0 Å². The second-order valence-corrected chi connectivity index (χ2v) is 4.26. The standard InChI is InChI=1S/C14H16N2O3/c1-3-19-14(18)12-9-16(15-13(12)10(2)17)11-7-5-4-6-8-11/h4-8,12H,3,9H2,1-2H3/t12-/m0/s1. The molecule has 1 aromatic carbocycles. The maximum Gasteiger partial charge on any atom is 0.317 e. The van der Waals surface area contributed by atoms with Crippen molar-refractivity contribution in [1.29, 1.82) is 0 Å². The molecule has 0 radical (unpaired) electrons. The monoisotopic (exact) mass is 260 g/mol. The van der Waals surface area contributed by atoms with Crippen molar-refractivity contribution in [3.63, 3.8) is 0 Å². The fourth-order valence-electron chi connectivity index (χ4n) is 2.01. The van der Waals surface area contributed by atoms with Gasteiger partial charge in [0.15, 0.2) is 5.78 Å². The molecule has 1 aliphatic rings. The fraction of sp³-hybridized carbons (Fsp3) is 0.357. The molecular formula is C14H16N2O3. The second kappa shape index (κ2) is 5.65. The van der Waals surface area contributed by atoms with Crippen LogP contribution in [0.4, 0.5) is 5.69 Å². The van der Waals surface area contributed by atoms with E-state index in [0.29, 0.717) is 13.2 Å². The van der Waals surface area contributed by atoms with Crippen LogP contribution in [0, 0.1) is 5.92 Å². The lowest BCUT2D eigenvalue weighted by molar-refractivity contribution is -0.145. The molecule has 0 amide bonds. The topological polar surface area (TPSA) is 59.0 Å². The number of hydrazone groups is 1. The number of carbonyl (C=O) groups is 2. The van der Waals surface area contributed by atoms with Crippen LogP contribution < -0.4 is 5.01 Å². The largest absolute Gasteiger partial charge is 0.465 e. The van der Waals surface area contributed by atoms with E-state index in [-0.39, 0.29) is 11.5 Å². The van der Waals surface area contributed by atoms with E-state index in [9.17, 15) is 9.59 Å². The van der Waals surface area contributed by atoms with Crippen LogP contribution in [0.1, 0.15) is 13.8 Å². The van der Waals surface area contributed by atoms with Crippen LogP contribution in [0.3, 0.4) is 0 Å². The average Bonchev–Trinajstić information content (AvgIpc) is 2.85. The Labute approximate surface area is 111 Å². The second-order valence-electron chi connectivity index (χ2n) is 4.26. The molecule has 1 aromatic rings. The summed E-state index contributed by atoms with van der Waals surface area (Å²) in [7, 11) is 0. The Kier molecular flexibility index (Phi) is 3.94. The zero-order valence-corrected chi connectivity index (χ0v) is 11.0. The van der Waals surface area contributed by atoms with Crippen molar-refractivity contribution >= 4 is 23.2 Å². The molecule has 0 fully saturated rings. The van der Waals surface area contributed by atoms with E-state index in [1.165, 1.54) is 6.92 Å². The number of hydrogen-bond donors (Lipinski definition) is 0. The number of carbonyl (C=O) groups excluding carboxylic acids is 2. The zero-order valence-electron chi connectivity index (χ0n) is 11.0. The lowest BCUT2D eigenvalue weighted by Gasteiger charge is -2.15. The maximum absolute atomic E-state index is 11.9. The number of esters is 1. The Balaban J connectivity index is 2.24. The zero-order chi connectivity index (χ0) is 13.8. The Bertz CT molecular complexity index is 511. The number of Topliss-reactive ketones (excluding diaryl/α,β-unsaturated/α-hetero) is 1. The number of nitrogens with zero attached hydrogens (tertiary/aromatic N) is 2. The van der Waals surface area contributed by atoms with Gasteiger partial charge in [0, 0.05) is 6.92 Å². The van der Waals surface area contributed by atoms with Gasteiger partial charge in [-0.15, -0.1) is 0 Å². The summed E-state index contributed by atoms with van der Waals surface area (Å²) in [6.07, 6.45) is 0. The van der Waals surface area contributed by atoms with Gasteiger partial charge in [-0.1, -0.05) is 18.2 Å². The summed E-state index contributed by atoms with van der Waals surface area (Å²) in [5, 5.41) is 5.91. The summed E-state index contributed by atoms with van der Waals surface area (Å²) in [5.74, 6) is -1.19. The van der Waals surface area contributed by atoms with Gasteiger partial charge >= 0.3 is 5.97 Å². The number of ketones is 1. The normalized spacial score (nSPS) is 18.1. The molecule has 0 bridgehead atoms. The van der Waals surface area contributed by atoms with Gasteiger partial charge in [-0.3, -0.25) is 14.6 Å². The number of rotatable bonds is 4. The van der Waals surface area contributed by atoms with E-state index in [4.69, 9.17) is 4.74 Å². The van der Waals surface area contributed by atoms with Crippen LogP contribution in [0.5, 0.6) is 0 Å². The van der Waals surface area contributed by atoms with Crippen LogP contribution in [0.15, 0.2) is 35.4 Å². The molecule has 0 N–H and O–H groups in total. The molecule has 1 heterocycles. The Hall–Kier alpha value is -2.17. The highest BCUT2D eigenvalue weighted by Gasteiger charge is 2.36. The maximum atomic E-state index is 11.9. The molecule has 1 atom stereocenters. The highest BCUT2D eigenvalue weighted by Crippen LogP contribution is 2.23. The van der Waals surface area contributed by atoms with Gasteiger partial charge < -0.3 is 4.74 Å².